The van der Waals surface area contributed by atoms with Gasteiger partial charge in [-0.1, -0.05) is 0 Å². The topological polar surface area (TPSA) is 75.6 Å². The van der Waals surface area contributed by atoms with E-state index in [1.807, 2.05) is 0 Å². The summed E-state index contributed by atoms with van der Waals surface area (Å²) in [7, 11) is -3.59. The van der Waals surface area contributed by atoms with Gasteiger partial charge in [0.05, 0.1) is 10.6 Å². The maximum atomic E-state index is 12.0. The Hall–Kier alpha value is -1.95. The van der Waals surface area contributed by atoms with Gasteiger partial charge in [-0.15, -0.1) is 11.3 Å². The van der Waals surface area contributed by atoms with Crippen molar-refractivity contribution in [3.8, 4) is 0 Å². The molecule has 0 unspecified atom stereocenters. The minimum atomic E-state index is -3.59. The van der Waals surface area contributed by atoms with Crippen LogP contribution in [0.1, 0.15) is 0 Å². The van der Waals surface area contributed by atoms with Crippen molar-refractivity contribution in [1.29, 1.82) is 0 Å². The Kier molecular flexibility index (Phi) is 3.57. The van der Waals surface area contributed by atoms with Crippen LogP contribution in [0.4, 0.5) is 10.7 Å². The van der Waals surface area contributed by atoms with Gasteiger partial charge in [-0.25, -0.2) is 13.2 Å². The van der Waals surface area contributed by atoms with Crippen LogP contribution in [-0.4, -0.2) is 14.5 Å². The lowest BCUT2D eigenvalue weighted by atomic mass is 10.3. The van der Waals surface area contributed by atoms with E-state index in [0.29, 0.717) is 10.7 Å². The molecule has 2 rings (SSSR count). The minimum Gasteiger partial charge on any atom is -0.270 e. The molecule has 0 aliphatic heterocycles. The SMILES string of the molecule is O=C=Nc1ccc(S(=O)(=O)Nc2cccs2)cc1. The first-order valence-electron chi connectivity index (χ1n) is 4.86. The molecule has 0 bridgehead atoms. The van der Waals surface area contributed by atoms with Crippen LogP contribution < -0.4 is 4.72 Å². The molecule has 1 aromatic heterocycles. The predicted octanol–water partition coefficient (Wildman–Crippen LogP) is 2.52. The zero-order valence-corrected chi connectivity index (χ0v) is 10.7. The highest BCUT2D eigenvalue weighted by atomic mass is 32.2. The summed E-state index contributed by atoms with van der Waals surface area (Å²) in [6.07, 6.45) is 1.39. The summed E-state index contributed by atoms with van der Waals surface area (Å²) in [6.45, 7) is 0. The van der Waals surface area contributed by atoms with Crippen LogP contribution in [0.3, 0.4) is 0 Å². The molecule has 0 amide bonds. The molecule has 7 heteroatoms. The van der Waals surface area contributed by atoms with Gasteiger partial charge in [-0.3, -0.25) is 4.72 Å². The molecule has 0 atom stereocenters. The standard InChI is InChI=1S/C11H8N2O3S2/c14-8-12-9-3-5-10(6-4-9)18(15,16)13-11-2-1-7-17-11/h1-7,13H. The molecule has 0 fully saturated rings. The Morgan fingerprint density at radius 3 is 2.44 bits per heavy atom. The second-order valence-electron chi connectivity index (χ2n) is 3.28. The number of rotatable bonds is 4. The highest BCUT2D eigenvalue weighted by Crippen LogP contribution is 2.22. The summed E-state index contributed by atoms with van der Waals surface area (Å²) < 4.78 is 26.4. The second-order valence-corrected chi connectivity index (χ2v) is 5.91. The van der Waals surface area contributed by atoms with Crippen molar-refractivity contribution in [2.75, 3.05) is 4.72 Å². The summed E-state index contributed by atoms with van der Waals surface area (Å²) in [6, 6.07) is 9.07. The second kappa shape index (κ2) is 5.14. The third-order valence-corrected chi connectivity index (χ3v) is 4.37. The first kappa shape index (κ1) is 12.5. The predicted molar refractivity (Wildman–Crippen MR) is 69.4 cm³/mol. The molecule has 1 heterocycles. The fraction of sp³-hybridized carbons (Fsp3) is 0. The first-order valence-corrected chi connectivity index (χ1v) is 7.22. The monoisotopic (exact) mass is 280 g/mol. The molecule has 0 saturated heterocycles. The normalized spacial score (nSPS) is 10.7. The molecule has 0 aliphatic carbocycles. The molecule has 0 aliphatic rings. The van der Waals surface area contributed by atoms with Crippen LogP contribution in [0.15, 0.2) is 51.7 Å². The summed E-state index contributed by atoms with van der Waals surface area (Å²) in [5.74, 6) is 0. The Bertz CT molecular complexity index is 670. The van der Waals surface area contributed by atoms with E-state index >= 15 is 0 Å². The Labute approximate surface area is 108 Å². The smallest absolute Gasteiger partial charge is 0.262 e. The molecule has 2 aromatic rings. The molecular weight excluding hydrogens is 272 g/mol. The highest BCUT2D eigenvalue weighted by molar-refractivity contribution is 7.93. The minimum absolute atomic E-state index is 0.112. The lowest BCUT2D eigenvalue weighted by Gasteiger charge is -2.05. The number of carbonyl (C=O) groups excluding carboxylic acids is 1. The van der Waals surface area contributed by atoms with Crippen molar-refractivity contribution >= 4 is 38.1 Å². The number of nitrogens with one attached hydrogen (secondary N) is 1. The molecule has 5 nitrogen and oxygen atoms in total. The first-order chi connectivity index (χ1) is 8.62. The molecule has 1 N–H and O–H groups in total. The van der Waals surface area contributed by atoms with Crippen molar-refractivity contribution in [3.63, 3.8) is 0 Å². The number of aliphatic imine (C=N–C) groups is 1. The summed E-state index contributed by atoms with van der Waals surface area (Å²) in [4.78, 5) is 13.5. The molecule has 92 valence electrons. The van der Waals surface area contributed by atoms with Gasteiger partial charge in [0.1, 0.15) is 5.00 Å². The molecule has 0 spiro atoms. The Morgan fingerprint density at radius 1 is 1.17 bits per heavy atom. The maximum Gasteiger partial charge on any atom is 0.262 e. The van der Waals surface area contributed by atoms with Gasteiger partial charge in [-0.2, -0.15) is 4.99 Å². The van der Waals surface area contributed by atoms with Gasteiger partial charge in [-0.05, 0) is 41.8 Å². The van der Waals surface area contributed by atoms with Crippen LogP contribution >= 0.6 is 11.3 Å². The molecule has 18 heavy (non-hydrogen) atoms. The number of hydrogen-bond acceptors (Lipinski definition) is 5. The van der Waals surface area contributed by atoms with E-state index in [-0.39, 0.29) is 4.90 Å². The fourth-order valence-corrected chi connectivity index (χ4v) is 3.21. The third-order valence-electron chi connectivity index (χ3n) is 2.08. The van der Waals surface area contributed by atoms with Gasteiger partial charge in [0.25, 0.3) is 10.0 Å². The van der Waals surface area contributed by atoms with E-state index < -0.39 is 10.0 Å². The van der Waals surface area contributed by atoms with Gasteiger partial charge in [0.15, 0.2) is 0 Å². The molecule has 0 saturated carbocycles. The van der Waals surface area contributed by atoms with Gasteiger partial charge >= 0.3 is 0 Å². The lowest BCUT2D eigenvalue weighted by molar-refractivity contribution is 0.565. The average molecular weight is 280 g/mol. The lowest BCUT2D eigenvalue weighted by Crippen LogP contribution is -2.11. The van der Waals surface area contributed by atoms with Gasteiger partial charge < -0.3 is 0 Å². The van der Waals surface area contributed by atoms with E-state index in [0.717, 1.165) is 0 Å². The van der Waals surface area contributed by atoms with Crippen molar-refractivity contribution in [1.82, 2.24) is 0 Å². The number of thiophene rings is 1. The van der Waals surface area contributed by atoms with Gasteiger partial charge in [0.2, 0.25) is 6.08 Å². The number of benzene rings is 1. The van der Waals surface area contributed by atoms with E-state index in [1.54, 1.807) is 17.5 Å². The van der Waals surface area contributed by atoms with E-state index in [2.05, 4.69) is 9.71 Å². The zero-order chi connectivity index (χ0) is 13.0. The molecule has 1 aromatic carbocycles. The zero-order valence-electron chi connectivity index (χ0n) is 9.03. The largest absolute Gasteiger partial charge is 0.270 e. The fourth-order valence-electron chi connectivity index (χ4n) is 1.28. The van der Waals surface area contributed by atoms with Crippen LogP contribution in [0.2, 0.25) is 0 Å². The maximum absolute atomic E-state index is 12.0. The molecular formula is C11H8N2O3S2. The van der Waals surface area contributed by atoms with E-state index in [4.69, 9.17) is 0 Å². The number of hydrogen-bond donors (Lipinski definition) is 1. The highest BCUT2D eigenvalue weighted by Gasteiger charge is 2.14. The van der Waals surface area contributed by atoms with E-state index in [1.165, 1.54) is 41.7 Å². The molecule has 0 radical (unpaired) electrons. The number of isocyanates is 1. The van der Waals surface area contributed by atoms with Crippen LogP contribution in [0, 0.1) is 0 Å². The quantitative estimate of drug-likeness (QED) is 0.690. The van der Waals surface area contributed by atoms with Crippen molar-refractivity contribution in [2.24, 2.45) is 4.99 Å². The summed E-state index contributed by atoms with van der Waals surface area (Å²) in [5.41, 5.74) is 0.361. The van der Waals surface area contributed by atoms with E-state index in [9.17, 15) is 13.2 Å². The Morgan fingerprint density at radius 2 is 1.89 bits per heavy atom. The number of sulfonamides is 1. The average Bonchev–Trinajstić information content (AvgIpc) is 2.82. The number of anilines is 1. The van der Waals surface area contributed by atoms with Gasteiger partial charge in [0, 0.05) is 0 Å². The third kappa shape index (κ3) is 2.84. The van der Waals surface area contributed by atoms with Crippen LogP contribution in [0.5, 0.6) is 0 Å². The van der Waals surface area contributed by atoms with Crippen LogP contribution in [-0.2, 0) is 14.8 Å². The number of nitrogens with zero attached hydrogens (tertiary/aromatic N) is 1. The Balaban J connectivity index is 2.27. The summed E-state index contributed by atoms with van der Waals surface area (Å²) in [5, 5.41) is 2.32. The van der Waals surface area contributed by atoms with Crippen molar-refractivity contribution in [3.05, 3.63) is 41.8 Å². The van der Waals surface area contributed by atoms with Crippen molar-refractivity contribution in [2.45, 2.75) is 4.90 Å². The van der Waals surface area contributed by atoms with Crippen LogP contribution in [0.25, 0.3) is 0 Å². The summed E-state index contributed by atoms with van der Waals surface area (Å²) >= 11 is 1.30. The van der Waals surface area contributed by atoms with Crippen molar-refractivity contribution < 1.29 is 13.2 Å².